The van der Waals surface area contributed by atoms with Crippen LogP contribution in [0.2, 0.25) is 5.02 Å². The second-order valence-corrected chi connectivity index (χ2v) is 12.8. The number of aromatic amines is 1. The average Bonchev–Trinajstić information content (AvgIpc) is 3.45. The van der Waals surface area contributed by atoms with Crippen molar-refractivity contribution in [2.75, 3.05) is 60.5 Å². The zero-order valence-electron chi connectivity index (χ0n) is 25.3. The molecule has 3 aliphatic heterocycles. The molecule has 0 radical (unpaired) electrons. The normalized spacial score (nSPS) is 19.3. The lowest BCUT2D eigenvalue weighted by molar-refractivity contribution is -0.120. The van der Waals surface area contributed by atoms with Crippen LogP contribution in [0.3, 0.4) is 0 Å². The molecule has 3 aliphatic rings. The quantitative estimate of drug-likeness (QED) is 0.291. The van der Waals surface area contributed by atoms with Crippen molar-refractivity contribution in [1.29, 1.82) is 0 Å². The molecule has 13 heteroatoms. The Kier molecular flexibility index (Phi) is 7.80. The number of nitrogens with one attached hydrogen (secondary N) is 2. The minimum absolute atomic E-state index is 0.136. The Labute approximate surface area is 266 Å². The van der Waals surface area contributed by atoms with Crippen LogP contribution in [0.1, 0.15) is 31.7 Å². The van der Waals surface area contributed by atoms with Crippen LogP contribution in [0.25, 0.3) is 22.4 Å². The summed E-state index contributed by atoms with van der Waals surface area (Å²) in [4.78, 5) is 42.3. The molecule has 3 saturated heterocycles. The Hall–Kier alpha value is -4.26. The van der Waals surface area contributed by atoms with Gasteiger partial charge in [-0.15, -0.1) is 0 Å². The van der Waals surface area contributed by atoms with E-state index in [0.717, 1.165) is 86.1 Å². The van der Waals surface area contributed by atoms with Gasteiger partial charge in [0.15, 0.2) is 0 Å². The molecule has 5 heterocycles. The van der Waals surface area contributed by atoms with E-state index in [9.17, 15) is 9.59 Å². The second-order valence-electron chi connectivity index (χ2n) is 12.4. The highest BCUT2D eigenvalue weighted by molar-refractivity contribution is 6.36. The molecule has 2 aromatic carbocycles. The van der Waals surface area contributed by atoms with E-state index in [-0.39, 0.29) is 17.5 Å². The number of hydrogen-bond donors (Lipinski definition) is 3. The van der Waals surface area contributed by atoms with Gasteiger partial charge in [-0.3, -0.25) is 25.0 Å². The first-order valence-corrected chi connectivity index (χ1v) is 15.8. The molecule has 234 valence electrons. The molecule has 45 heavy (non-hydrogen) atoms. The minimum atomic E-state index is -0.365. The lowest BCUT2D eigenvalue weighted by Crippen LogP contribution is -2.50. The van der Waals surface area contributed by atoms with Crippen molar-refractivity contribution >= 4 is 51.9 Å². The Morgan fingerprint density at radius 1 is 0.933 bits per heavy atom. The number of carbonyl (C=O) groups excluding carboxylic acids is 2. The number of urea groups is 1. The van der Waals surface area contributed by atoms with E-state index < -0.39 is 0 Å². The van der Waals surface area contributed by atoms with Gasteiger partial charge in [0.2, 0.25) is 11.6 Å². The smallest absolute Gasteiger partial charge is 0.328 e. The third kappa shape index (κ3) is 5.92. The highest BCUT2D eigenvalue weighted by atomic mass is 35.5. The first-order valence-electron chi connectivity index (χ1n) is 15.5. The summed E-state index contributed by atoms with van der Waals surface area (Å²) in [5.41, 5.74) is 11.9. The molecular weight excluding hydrogens is 592 g/mol. The fourth-order valence-corrected chi connectivity index (χ4v) is 6.76. The second kappa shape index (κ2) is 11.9. The topological polar surface area (TPSA) is 140 Å². The Balaban J connectivity index is 1.04. The lowest BCUT2D eigenvalue weighted by atomic mass is 9.91. The molecule has 4 N–H and O–H groups in total. The number of piperazine rings is 1. The summed E-state index contributed by atoms with van der Waals surface area (Å²) in [7, 11) is 0. The van der Waals surface area contributed by atoms with Gasteiger partial charge in [-0.25, -0.2) is 14.8 Å². The first-order chi connectivity index (χ1) is 21.8. The van der Waals surface area contributed by atoms with Crippen LogP contribution < -0.4 is 25.8 Å². The maximum Gasteiger partial charge on any atom is 0.328 e. The van der Waals surface area contributed by atoms with Crippen LogP contribution in [0, 0.1) is 0 Å². The molecule has 0 aliphatic carbocycles. The number of amides is 3. The van der Waals surface area contributed by atoms with Crippen LogP contribution in [0.15, 0.2) is 48.7 Å². The highest BCUT2D eigenvalue weighted by Crippen LogP contribution is 2.38. The SMILES string of the molecule is CC1(N)CCN(c2cnc3c(-c4cccc(N5CCN(Cc6ccccc6N6CCC(=O)NC6=O)CC5)c4Cl)[nH]nc3n2)CC1. The van der Waals surface area contributed by atoms with E-state index in [4.69, 9.17) is 27.3 Å². The van der Waals surface area contributed by atoms with Gasteiger partial charge in [0.1, 0.15) is 11.3 Å². The summed E-state index contributed by atoms with van der Waals surface area (Å²) < 4.78 is 0. The number of benzene rings is 2. The van der Waals surface area contributed by atoms with Crippen molar-refractivity contribution in [2.45, 2.75) is 38.3 Å². The largest absolute Gasteiger partial charge is 0.368 e. The summed E-state index contributed by atoms with van der Waals surface area (Å²) in [5, 5.41) is 10.7. The Morgan fingerprint density at radius 2 is 1.69 bits per heavy atom. The molecule has 2 aromatic heterocycles. The monoisotopic (exact) mass is 628 g/mol. The summed E-state index contributed by atoms with van der Waals surface area (Å²) >= 11 is 7.07. The number of halogens is 1. The van der Waals surface area contributed by atoms with E-state index in [1.54, 1.807) is 4.90 Å². The summed E-state index contributed by atoms with van der Waals surface area (Å²) in [5.74, 6) is 0.578. The predicted octanol–water partition coefficient (Wildman–Crippen LogP) is 3.76. The number of hydrogen-bond acceptors (Lipinski definition) is 9. The minimum Gasteiger partial charge on any atom is -0.368 e. The molecule has 0 saturated carbocycles. The van der Waals surface area contributed by atoms with E-state index in [1.807, 2.05) is 36.5 Å². The van der Waals surface area contributed by atoms with Crippen molar-refractivity contribution < 1.29 is 9.59 Å². The van der Waals surface area contributed by atoms with Gasteiger partial charge in [0.05, 0.1) is 22.6 Å². The molecule has 7 rings (SSSR count). The lowest BCUT2D eigenvalue weighted by Gasteiger charge is -2.37. The number of carbonyl (C=O) groups is 2. The number of H-pyrrole nitrogens is 1. The maximum absolute atomic E-state index is 12.5. The van der Waals surface area contributed by atoms with Crippen LogP contribution in [-0.4, -0.2) is 88.4 Å². The molecule has 0 bridgehead atoms. The number of rotatable bonds is 6. The van der Waals surface area contributed by atoms with Crippen LogP contribution >= 0.6 is 11.6 Å². The van der Waals surface area contributed by atoms with Gasteiger partial charge in [0, 0.05) is 75.6 Å². The van der Waals surface area contributed by atoms with Gasteiger partial charge in [-0.2, -0.15) is 5.10 Å². The first kappa shape index (κ1) is 29.5. The standard InChI is InChI=1S/C32H37ClN10O2/c1-32(34)10-13-42(14-11-32)25-19-35-29-28(38-39-30(29)36-25)22-6-4-8-24(27(22)33)41-17-15-40(16-18-41)20-21-5-2-3-7-23(21)43-12-9-26(44)37-31(43)45/h2-8,19H,9-18,20,34H2,1H3,(H,36,38,39)(H,37,44,45). The fraction of sp³-hybridized carbons (Fsp3) is 0.406. The molecule has 0 atom stereocenters. The van der Waals surface area contributed by atoms with E-state index in [2.05, 4.69) is 49.3 Å². The fourth-order valence-electron chi connectivity index (χ4n) is 6.42. The van der Waals surface area contributed by atoms with Crippen molar-refractivity contribution in [3.63, 3.8) is 0 Å². The van der Waals surface area contributed by atoms with Crippen molar-refractivity contribution in [3.05, 3.63) is 59.2 Å². The van der Waals surface area contributed by atoms with Crippen LogP contribution in [-0.2, 0) is 11.3 Å². The number of aromatic nitrogens is 4. The predicted molar refractivity (Wildman–Crippen MR) is 176 cm³/mol. The molecule has 0 spiro atoms. The number of nitrogens with two attached hydrogens (primary N) is 1. The Bertz CT molecular complexity index is 1740. The highest BCUT2D eigenvalue weighted by Gasteiger charge is 2.29. The number of nitrogens with zero attached hydrogens (tertiary/aromatic N) is 7. The number of fused-ring (bicyclic) bond motifs is 1. The van der Waals surface area contributed by atoms with Crippen molar-refractivity contribution in [1.82, 2.24) is 30.4 Å². The molecule has 3 amide bonds. The third-order valence-electron chi connectivity index (χ3n) is 9.17. The van der Waals surface area contributed by atoms with E-state index in [0.29, 0.717) is 35.7 Å². The van der Waals surface area contributed by atoms with Gasteiger partial charge in [-0.05, 0) is 37.5 Å². The molecular formula is C32H37ClN10O2. The van der Waals surface area contributed by atoms with Crippen molar-refractivity contribution in [2.24, 2.45) is 5.73 Å². The zero-order chi connectivity index (χ0) is 31.1. The molecule has 12 nitrogen and oxygen atoms in total. The van der Waals surface area contributed by atoms with Gasteiger partial charge >= 0.3 is 6.03 Å². The van der Waals surface area contributed by atoms with Gasteiger partial charge in [-0.1, -0.05) is 41.9 Å². The van der Waals surface area contributed by atoms with Crippen molar-refractivity contribution in [3.8, 4) is 11.3 Å². The van der Waals surface area contributed by atoms with Gasteiger partial charge in [0.25, 0.3) is 0 Å². The van der Waals surface area contributed by atoms with Crippen LogP contribution in [0.5, 0.6) is 0 Å². The number of anilines is 3. The third-order valence-corrected chi connectivity index (χ3v) is 9.57. The van der Waals surface area contributed by atoms with Gasteiger partial charge < -0.3 is 15.5 Å². The Morgan fingerprint density at radius 3 is 2.47 bits per heavy atom. The summed E-state index contributed by atoms with van der Waals surface area (Å²) in [6.45, 7) is 8.15. The molecule has 4 aromatic rings. The van der Waals surface area contributed by atoms with E-state index in [1.165, 1.54) is 0 Å². The summed E-state index contributed by atoms with van der Waals surface area (Å²) in [6, 6.07) is 13.6. The summed E-state index contributed by atoms with van der Waals surface area (Å²) in [6.07, 6.45) is 3.92. The molecule has 3 fully saturated rings. The van der Waals surface area contributed by atoms with Crippen LogP contribution in [0.4, 0.5) is 22.0 Å². The molecule has 0 unspecified atom stereocenters. The maximum atomic E-state index is 12.5. The van der Waals surface area contributed by atoms with E-state index >= 15 is 0 Å². The zero-order valence-corrected chi connectivity index (χ0v) is 26.1. The number of imide groups is 1. The average molecular weight is 629 g/mol. The number of piperidine rings is 1. The number of para-hydroxylation sites is 1.